The lowest BCUT2D eigenvalue weighted by atomic mass is 9.86. The van der Waals surface area contributed by atoms with Crippen LogP contribution in [0.2, 0.25) is 0 Å². The molecule has 0 radical (unpaired) electrons. The molecule has 1 aliphatic heterocycles. The third-order valence-corrected chi connectivity index (χ3v) is 4.04. The van der Waals surface area contributed by atoms with Gasteiger partial charge in [-0.3, -0.25) is 4.79 Å². The molecule has 1 rings (SSSR count). The minimum atomic E-state index is -0.392. The van der Waals surface area contributed by atoms with Crippen LogP contribution in [-0.4, -0.2) is 63.8 Å². The van der Waals surface area contributed by atoms with Gasteiger partial charge in [-0.15, -0.1) is 12.4 Å². The Hall–Kier alpha value is -0.360. The number of carbonyl (C=O) groups excluding carboxylic acids is 1. The maximum absolute atomic E-state index is 12.4. The Morgan fingerprint density at radius 2 is 2.11 bits per heavy atom. The highest BCUT2D eigenvalue weighted by Gasteiger charge is 2.41. The number of hydrogen-bond donors (Lipinski definition) is 2. The van der Waals surface area contributed by atoms with Gasteiger partial charge in [-0.1, -0.05) is 0 Å². The number of amides is 1. The summed E-state index contributed by atoms with van der Waals surface area (Å²) < 4.78 is 5.22. The minimum Gasteiger partial charge on any atom is -0.384 e. The van der Waals surface area contributed by atoms with Crippen molar-refractivity contribution in [2.45, 2.75) is 25.8 Å². The highest BCUT2D eigenvalue weighted by molar-refractivity contribution is 5.85. The molecule has 2 N–H and O–H groups in total. The predicted octanol–water partition coefficient (Wildman–Crippen LogP) is 0.491. The topological polar surface area (TPSA) is 53.6 Å². The Kier molecular flexibility index (Phi) is 7.29. The van der Waals surface area contributed by atoms with Crippen molar-refractivity contribution < 1.29 is 9.53 Å². The second-order valence-corrected chi connectivity index (χ2v) is 6.03. The molecule has 0 aromatic rings. The number of ether oxygens (including phenoxy) is 1. The third-order valence-electron chi connectivity index (χ3n) is 4.04. The zero-order chi connectivity index (χ0) is 13.8. The van der Waals surface area contributed by atoms with Crippen LogP contribution in [0.1, 0.15) is 20.3 Å². The van der Waals surface area contributed by atoms with E-state index in [0.717, 1.165) is 13.0 Å². The standard InChI is InChI=1S/C13H27N3O2.ClH/c1-12(2,16(3)4)8-15-11(17)13(10-18-5)6-7-14-9-13;/h14H,6-10H2,1-5H3,(H,15,17);1H. The van der Waals surface area contributed by atoms with E-state index < -0.39 is 5.41 Å². The first-order valence-electron chi connectivity index (χ1n) is 6.49. The van der Waals surface area contributed by atoms with Gasteiger partial charge in [-0.2, -0.15) is 0 Å². The molecule has 114 valence electrons. The lowest BCUT2D eigenvalue weighted by Crippen LogP contribution is -2.53. The van der Waals surface area contributed by atoms with Crippen molar-refractivity contribution in [2.24, 2.45) is 5.41 Å². The summed E-state index contributed by atoms with van der Waals surface area (Å²) in [5, 5.41) is 6.32. The van der Waals surface area contributed by atoms with Crippen LogP contribution in [0.5, 0.6) is 0 Å². The molecule has 6 heteroatoms. The number of nitrogens with zero attached hydrogens (tertiary/aromatic N) is 1. The van der Waals surface area contributed by atoms with Gasteiger partial charge >= 0.3 is 0 Å². The zero-order valence-corrected chi connectivity index (χ0v) is 13.5. The monoisotopic (exact) mass is 293 g/mol. The number of halogens is 1. The second-order valence-electron chi connectivity index (χ2n) is 6.03. The van der Waals surface area contributed by atoms with Crippen molar-refractivity contribution in [3.8, 4) is 0 Å². The van der Waals surface area contributed by atoms with Crippen LogP contribution in [0.15, 0.2) is 0 Å². The fourth-order valence-corrected chi connectivity index (χ4v) is 2.04. The van der Waals surface area contributed by atoms with Crippen LogP contribution in [-0.2, 0) is 9.53 Å². The predicted molar refractivity (Wildman–Crippen MR) is 79.8 cm³/mol. The summed E-state index contributed by atoms with van der Waals surface area (Å²) >= 11 is 0. The van der Waals surface area contributed by atoms with Crippen molar-refractivity contribution >= 4 is 18.3 Å². The Bertz CT molecular complexity index is 290. The highest BCUT2D eigenvalue weighted by atomic mass is 35.5. The smallest absolute Gasteiger partial charge is 0.229 e. The van der Waals surface area contributed by atoms with E-state index in [1.165, 1.54) is 0 Å². The molecule has 0 aromatic heterocycles. The van der Waals surface area contributed by atoms with Crippen molar-refractivity contribution in [1.82, 2.24) is 15.5 Å². The van der Waals surface area contributed by atoms with E-state index in [1.807, 2.05) is 14.1 Å². The Balaban J connectivity index is 0.00000324. The third kappa shape index (κ3) is 4.60. The molecule has 5 nitrogen and oxygen atoms in total. The average Bonchev–Trinajstić information content (AvgIpc) is 2.76. The van der Waals surface area contributed by atoms with Crippen LogP contribution in [0.25, 0.3) is 0 Å². The summed E-state index contributed by atoms with van der Waals surface area (Å²) in [6.45, 7) is 6.94. The average molecular weight is 294 g/mol. The number of methoxy groups -OCH3 is 1. The maximum Gasteiger partial charge on any atom is 0.229 e. The SMILES string of the molecule is COCC1(C(=O)NCC(C)(C)N(C)C)CCNC1.Cl. The first-order valence-corrected chi connectivity index (χ1v) is 6.49. The normalized spacial score (nSPS) is 23.3. The number of likely N-dealkylation sites (N-methyl/N-ethyl adjacent to an activating group) is 1. The van der Waals surface area contributed by atoms with Crippen molar-refractivity contribution in [3.63, 3.8) is 0 Å². The summed E-state index contributed by atoms with van der Waals surface area (Å²) in [4.78, 5) is 14.5. The second kappa shape index (κ2) is 7.43. The van der Waals surface area contributed by atoms with Crippen LogP contribution in [0, 0.1) is 5.41 Å². The fraction of sp³-hybridized carbons (Fsp3) is 0.923. The first-order chi connectivity index (χ1) is 8.34. The van der Waals surface area contributed by atoms with Gasteiger partial charge in [0.1, 0.15) is 0 Å². The van der Waals surface area contributed by atoms with Crippen LogP contribution >= 0.6 is 12.4 Å². The molecule has 0 aromatic carbocycles. The van der Waals surface area contributed by atoms with Gasteiger partial charge in [0.2, 0.25) is 5.91 Å². The number of carbonyl (C=O) groups is 1. The Morgan fingerprint density at radius 3 is 2.53 bits per heavy atom. The molecule has 1 fully saturated rings. The van der Waals surface area contributed by atoms with Crippen LogP contribution < -0.4 is 10.6 Å². The van der Waals surface area contributed by atoms with E-state index in [9.17, 15) is 4.79 Å². The Morgan fingerprint density at radius 1 is 1.47 bits per heavy atom. The molecule has 0 bridgehead atoms. The first kappa shape index (κ1) is 18.6. The van der Waals surface area contributed by atoms with Crippen molar-refractivity contribution in [2.75, 3.05) is 47.4 Å². The molecule has 0 saturated carbocycles. The molecule has 0 aliphatic carbocycles. The van der Waals surface area contributed by atoms with E-state index in [-0.39, 0.29) is 23.9 Å². The van der Waals surface area contributed by atoms with Crippen molar-refractivity contribution in [1.29, 1.82) is 0 Å². The summed E-state index contributed by atoms with van der Waals surface area (Å²) in [7, 11) is 5.69. The summed E-state index contributed by atoms with van der Waals surface area (Å²) in [5.41, 5.74) is -0.437. The van der Waals surface area contributed by atoms with Crippen molar-refractivity contribution in [3.05, 3.63) is 0 Å². The van der Waals surface area contributed by atoms with Gasteiger partial charge in [0, 0.05) is 25.7 Å². The molecule has 1 saturated heterocycles. The highest BCUT2D eigenvalue weighted by Crippen LogP contribution is 2.26. The summed E-state index contributed by atoms with van der Waals surface area (Å²) in [6.07, 6.45) is 0.842. The molecule has 0 spiro atoms. The molecule has 1 atom stereocenters. The summed E-state index contributed by atoms with van der Waals surface area (Å²) in [6, 6.07) is 0. The molecule has 1 amide bonds. The quantitative estimate of drug-likeness (QED) is 0.748. The molecular formula is C13H28ClN3O2. The lowest BCUT2D eigenvalue weighted by Gasteiger charge is -2.34. The van der Waals surface area contributed by atoms with Crippen LogP contribution in [0.3, 0.4) is 0 Å². The molecule has 1 heterocycles. The number of rotatable bonds is 6. The molecule has 1 unspecified atom stereocenters. The van der Waals surface area contributed by atoms with E-state index in [0.29, 0.717) is 19.7 Å². The van der Waals surface area contributed by atoms with Gasteiger partial charge in [-0.05, 0) is 40.9 Å². The zero-order valence-electron chi connectivity index (χ0n) is 12.7. The molecule has 1 aliphatic rings. The number of nitrogens with one attached hydrogen (secondary N) is 2. The molecule has 19 heavy (non-hydrogen) atoms. The van der Waals surface area contributed by atoms with E-state index in [1.54, 1.807) is 7.11 Å². The fourth-order valence-electron chi connectivity index (χ4n) is 2.04. The molecular weight excluding hydrogens is 266 g/mol. The van der Waals surface area contributed by atoms with E-state index in [2.05, 4.69) is 29.4 Å². The van der Waals surface area contributed by atoms with Gasteiger partial charge < -0.3 is 20.3 Å². The Labute approximate surface area is 122 Å². The van der Waals surface area contributed by atoms with Gasteiger partial charge in [0.05, 0.1) is 12.0 Å². The summed E-state index contributed by atoms with van der Waals surface area (Å²) in [5.74, 6) is 0.101. The number of hydrogen-bond acceptors (Lipinski definition) is 4. The largest absolute Gasteiger partial charge is 0.384 e. The van der Waals surface area contributed by atoms with Gasteiger partial charge in [-0.25, -0.2) is 0 Å². The maximum atomic E-state index is 12.4. The van der Waals surface area contributed by atoms with Gasteiger partial charge in [0.25, 0.3) is 0 Å². The minimum absolute atomic E-state index is 0. The van der Waals surface area contributed by atoms with E-state index in [4.69, 9.17) is 4.74 Å². The van der Waals surface area contributed by atoms with Gasteiger partial charge in [0.15, 0.2) is 0 Å². The lowest BCUT2D eigenvalue weighted by molar-refractivity contribution is -0.133. The van der Waals surface area contributed by atoms with Crippen LogP contribution in [0.4, 0.5) is 0 Å². The van der Waals surface area contributed by atoms with E-state index >= 15 is 0 Å².